The van der Waals surface area contributed by atoms with Crippen molar-refractivity contribution in [1.29, 1.82) is 0 Å². The topological polar surface area (TPSA) is 63.6 Å². The molecule has 0 radical (unpaired) electrons. The Bertz CT molecular complexity index is 257. The SMILES string of the molecule is CCP(C)(CC)(CC)OS(=O)(=O)O. The van der Waals surface area contributed by atoms with Crippen molar-refractivity contribution < 1.29 is 16.9 Å². The minimum atomic E-state index is -4.32. The van der Waals surface area contributed by atoms with Gasteiger partial charge in [0.1, 0.15) is 0 Å². The molecule has 0 saturated carbocycles. The van der Waals surface area contributed by atoms with Crippen LogP contribution in [0.5, 0.6) is 0 Å². The van der Waals surface area contributed by atoms with Crippen LogP contribution in [-0.2, 0) is 14.4 Å². The number of rotatable bonds is 5. The van der Waals surface area contributed by atoms with E-state index in [1.54, 1.807) is 0 Å². The molecule has 0 unspecified atom stereocenters. The molecule has 13 heavy (non-hydrogen) atoms. The van der Waals surface area contributed by atoms with E-state index in [1.807, 2.05) is 27.4 Å². The summed E-state index contributed by atoms with van der Waals surface area (Å²) in [6.45, 7) is 4.88. The van der Waals surface area contributed by atoms with Crippen molar-refractivity contribution in [2.75, 3.05) is 25.2 Å². The maximum absolute atomic E-state index is 10.7. The van der Waals surface area contributed by atoms with Crippen LogP contribution < -0.4 is 0 Å². The second-order valence-electron chi connectivity index (χ2n) is 3.64. The first-order valence-corrected chi connectivity index (χ1v) is 8.90. The molecule has 0 atom stereocenters. The average molecular weight is 230 g/mol. The summed E-state index contributed by atoms with van der Waals surface area (Å²) in [4.78, 5) is 0. The van der Waals surface area contributed by atoms with Crippen molar-refractivity contribution in [2.45, 2.75) is 20.8 Å². The van der Waals surface area contributed by atoms with E-state index < -0.39 is 17.2 Å². The predicted octanol–water partition coefficient (Wildman–Crippen LogP) is 1.96. The summed E-state index contributed by atoms with van der Waals surface area (Å²) < 4.78 is 35.0. The van der Waals surface area contributed by atoms with Gasteiger partial charge in [-0.05, 0) is 0 Å². The fourth-order valence-electron chi connectivity index (χ4n) is 1.12. The molecule has 6 heteroatoms. The van der Waals surface area contributed by atoms with Crippen molar-refractivity contribution in [3.05, 3.63) is 0 Å². The summed E-state index contributed by atoms with van der Waals surface area (Å²) in [7, 11) is -4.32. The van der Waals surface area contributed by atoms with Gasteiger partial charge in [0.25, 0.3) is 0 Å². The molecular weight excluding hydrogens is 211 g/mol. The zero-order chi connectivity index (χ0) is 10.8. The molecule has 0 aromatic heterocycles. The Labute approximate surface area is 80.6 Å². The van der Waals surface area contributed by atoms with E-state index in [4.69, 9.17) is 8.52 Å². The molecule has 0 spiro atoms. The third kappa shape index (κ3) is 3.50. The van der Waals surface area contributed by atoms with Crippen molar-refractivity contribution in [2.24, 2.45) is 0 Å². The molecule has 82 valence electrons. The quantitative estimate of drug-likeness (QED) is 0.579. The summed E-state index contributed by atoms with van der Waals surface area (Å²) in [5, 5.41) is 0. The Morgan fingerprint density at radius 3 is 1.54 bits per heavy atom. The van der Waals surface area contributed by atoms with Crippen LogP contribution in [0.3, 0.4) is 0 Å². The second-order valence-corrected chi connectivity index (χ2v) is 11.4. The molecule has 0 aromatic carbocycles. The average Bonchev–Trinajstić information content (AvgIpc) is 2.02. The molecule has 0 heterocycles. The predicted molar refractivity (Wildman–Crippen MR) is 57.1 cm³/mol. The molecular formula is C7H19O4PS. The van der Waals surface area contributed by atoms with Crippen LogP contribution in [-0.4, -0.2) is 38.1 Å². The first-order chi connectivity index (χ1) is 5.69. The van der Waals surface area contributed by atoms with Gasteiger partial charge >= 0.3 is 80.1 Å². The first kappa shape index (κ1) is 13.3. The second kappa shape index (κ2) is 3.81. The molecule has 0 amide bonds. The van der Waals surface area contributed by atoms with Crippen LogP contribution in [0.2, 0.25) is 0 Å². The Balaban J connectivity index is 5.02. The Morgan fingerprint density at radius 1 is 1.15 bits per heavy atom. The maximum atomic E-state index is 10.7. The Hall–Kier alpha value is 0.300. The first-order valence-electron chi connectivity index (χ1n) is 4.38. The standard InChI is InChI=1S/C7H19O4PS/c1-5-12(4,6-2,7-3)11-13(8,9)10/h5-7H2,1-4H3,(H,8,9,10). The van der Waals surface area contributed by atoms with Crippen LogP contribution in [0.15, 0.2) is 0 Å². The summed E-state index contributed by atoms with van der Waals surface area (Å²) in [6.07, 6.45) is 2.00. The Morgan fingerprint density at radius 2 is 1.46 bits per heavy atom. The van der Waals surface area contributed by atoms with Crippen LogP contribution in [0.1, 0.15) is 20.8 Å². The third-order valence-electron chi connectivity index (χ3n) is 3.00. The van der Waals surface area contributed by atoms with Crippen LogP contribution in [0.25, 0.3) is 0 Å². The van der Waals surface area contributed by atoms with E-state index in [0.29, 0.717) is 18.5 Å². The van der Waals surface area contributed by atoms with Crippen molar-refractivity contribution in [3.63, 3.8) is 0 Å². The molecule has 0 bridgehead atoms. The molecule has 0 rings (SSSR count). The van der Waals surface area contributed by atoms with Gasteiger partial charge in [-0.1, -0.05) is 0 Å². The van der Waals surface area contributed by atoms with E-state index in [2.05, 4.69) is 0 Å². The minimum absolute atomic E-state index is 0.665. The van der Waals surface area contributed by atoms with Crippen LogP contribution in [0, 0.1) is 0 Å². The summed E-state index contributed by atoms with van der Waals surface area (Å²) >= 11 is 0. The van der Waals surface area contributed by atoms with E-state index in [0.717, 1.165) is 0 Å². The van der Waals surface area contributed by atoms with Gasteiger partial charge in [0.05, 0.1) is 0 Å². The third-order valence-corrected chi connectivity index (χ3v) is 11.0. The van der Waals surface area contributed by atoms with Gasteiger partial charge in [0.15, 0.2) is 0 Å². The monoisotopic (exact) mass is 230 g/mol. The van der Waals surface area contributed by atoms with E-state index >= 15 is 0 Å². The number of hydrogen-bond acceptors (Lipinski definition) is 3. The zero-order valence-corrected chi connectivity index (χ0v) is 10.4. The van der Waals surface area contributed by atoms with Gasteiger partial charge < -0.3 is 0 Å². The van der Waals surface area contributed by atoms with Crippen LogP contribution in [0.4, 0.5) is 0 Å². The van der Waals surface area contributed by atoms with Crippen LogP contribution >= 0.6 is 6.83 Å². The summed E-state index contributed by atoms with van der Waals surface area (Å²) in [5.74, 6) is 0. The molecule has 0 aliphatic heterocycles. The van der Waals surface area contributed by atoms with Gasteiger partial charge in [-0.15, -0.1) is 0 Å². The van der Waals surface area contributed by atoms with E-state index in [1.165, 1.54) is 0 Å². The van der Waals surface area contributed by atoms with Crippen molar-refractivity contribution in [1.82, 2.24) is 0 Å². The van der Waals surface area contributed by atoms with Crippen molar-refractivity contribution >= 4 is 17.2 Å². The molecule has 0 aliphatic carbocycles. The van der Waals surface area contributed by atoms with Gasteiger partial charge in [-0.25, -0.2) is 0 Å². The van der Waals surface area contributed by atoms with Gasteiger partial charge in [-0.2, -0.15) is 0 Å². The van der Waals surface area contributed by atoms with Gasteiger partial charge in [0, 0.05) is 0 Å². The summed E-state index contributed by atoms with van der Waals surface area (Å²) in [5.41, 5.74) is 0. The fraction of sp³-hybridized carbons (Fsp3) is 1.00. The van der Waals surface area contributed by atoms with Crippen molar-refractivity contribution in [3.8, 4) is 0 Å². The normalized spacial score (nSPS) is 16.5. The molecule has 0 aliphatic rings. The molecule has 0 aromatic rings. The number of hydrogen-bond donors (Lipinski definition) is 1. The van der Waals surface area contributed by atoms with E-state index in [9.17, 15) is 8.42 Å². The molecule has 1 N–H and O–H groups in total. The summed E-state index contributed by atoms with van der Waals surface area (Å²) in [6, 6.07) is 0. The molecule has 0 saturated heterocycles. The molecule has 4 nitrogen and oxygen atoms in total. The Kier molecular flexibility index (Phi) is 3.90. The zero-order valence-electron chi connectivity index (χ0n) is 8.65. The van der Waals surface area contributed by atoms with E-state index in [-0.39, 0.29) is 0 Å². The van der Waals surface area contributed by atoms with Gasteiger partial charge in [-0.3, -0.25) is 0 Å². The fourth-order valence-corrected chi connectivity index (χ4v) is 6.08. The molecule has 0 fully saturated rings. The van der Waals surface area contributed by atoms with Gasteiger partial charge in [0.2, 0.25) is 0 Å².